The summed E-state index contributed by atoms with van der Waals surface area (Å²) in [6.45, 7) is 4.56. The van der Waals surface area contributed by atoms with Crippen LogP contribution in [0, 0.1) is 13.8 Å². The number of hydrogen-bond donors (Lipinski definition) is 1. The van der Waals surface area contributed by atoms with Crippen LogP contribution in [0.2, 0.25) is 0 Å². The summed E-state index contributed by atoms with van der Waals surface area (Å²) >= 11 is 1.86. The molecule has 0 radical (unpaired) electrons. The minimum absolute atomic E-state index is 0.0315. The van der Waals surface area contributed by atoms with Crippen molar-refractivity contribution in [2.24, 2.45) is 0 Å². The summed E-state index contributed by atoms with van der Waals surface area (Å²) in [5.41, 5.74) is 4.77. The van der Waals surface area contributed by atoms with Crippen LogP contribution in [0.15, 0.2) is 59.5 Å². The van der Waals surface area contributed by atoms with E-state index in [1.54, 1.807) is 0 Å². The molecule has 4 rings (SSSR count). The van der Waals surface area contributed by atoms with Crippen LogP contribution in [-0.2, 0) is 6.54 Å². The number of aryl methyl sites for hydroxylation is 1. The molecule has 4 nitrogen and oxygen atoms in total. The Morgan fingerprint density at radius 1 is 1.15 bits per heavy atom. The van der Waals surface area contributed by atoms with E-state index in [1.807, 2.05) is 54.6 Å². The zero-order valence-corrected chi connectivity index (χ0v) is 16.4. The molecule has 1 N–H and O–H groups in total. The lowest BCUT2D eigenvalue weighted by Crippen LogP contribution is -2.31. The van der Waals surface area contributed by atoms with Gasteiger partial charge in [0.2, 0.25) is 0 Å². The van der Waals surface area contributed by atoms with Crippen LogP contribution in [0.1, 0.15) is 45.3 Å². The Bertz CT molecular complexity index is 965. The van der Waals surface area contributed by atoms with Crippen molar-refractivity contribution in [3.05, 3.63) is 82.7 Å². The Morgan fingerprint density at radius 2 is 1.89 bits per heavy atom. The lowest BCUT2D eigenvalue weighted by atomic mass is 10.0. The molecule has 1 aliphatic rings. The lowest BCUT2D eigenvalue weighted by molar-refractivity contribution is 0.0933. The maximum absolute atomic E-state index is 13.1. The number of thioether (sulfide) groups is 1. The molecule has 0 spiro atoms. The fraction of sp³-hybridized carbons (Fsp3) is 0.273. The van der Waals surface area contributed by atoms with Crippen LogP contribution < -0.4 is 5.32 Å². The summed E-state index contributed by atoms with van der Waals surface area (Å²) in [6, 6.07) is 18.6. The van der Waals surface area contributed by atoms with E-state index in [9.17, 15) is 4.79 Å². The third-order valence-electron chi connectivity index (χ3n) is 5.05. The summed E-state index contributed by atoms with van der Waals surface area (Å²) in [4.78, 5) is 14.3. The Kier molecular flexibility index (Phi) is 5.03. The smallest absolute Gasteiger partial charge is 0.255 e. The number of hydrogen-bond acceptors (Lipinski definition) is 3. The number of fused-ring (bicyclic) bond motifs is 1. The molecule has 5 heteroatoms. The van der Waals surface area contributed by atoms with E-state index in [-0.39, 0.29) is 11.9 Å². The normalized spacial score (nSPS) is 16.0. The number of rotatable bonds is 4. The van der Waals surface area contributed by atoms with Crippen molar-refractivity contribution in [3.8, 4) is 0 Å². The van der Waals surface area contributed by atoms with Gasteiger partial charge in [0.1, 0.15) is 0 Å². The predicted octanol–water partition coefficient (Wildman–Crippen LogP) is 4.52. The number of nitrogens with one attached hydrogen (secondary N) is 1. The van der Waals surface area contributed by atoms with Crippen molar-refractivity contribution >= 4 is 17.7 Å². The molecule has 1 atom stereocenters. The fourth-order valence-corrected chi connectivity index (χ4v) is 4.78. The third kappa shape index (κ3) is 3.65. The topological polar surface area (TPSA) is 46.9 Å². The predicted molar refractivity (Wildman–Crippen MR) is 109 cm³/mol. The van der Waals surface area contributed by atoms with Crippen LogP contribution in [-0.4, -0.2) is 21.4 Å². The molecule has 0 aliphatic carbocycles. The van der Waals surface area contributed by atoms with Crippen molar-refractivity contribution in [2.45, 2.75) is 37.8 Å². The van der Waals surface area contributed by atoms with Gasteiger partial charge in [-0.1, -0.05) is 48.5 Å². The van der Waals surface area contributed by atoms with E-state index in [0.717, 1.165) is 23.6 Å². The number of carbonyl (C=O) groups is 1. The van der Waals surface area contributed by atoms with Gasteiger partial charge in [0.25, 0.3) is 5.91 Å². The molecule has 1 aliphatic heterocycles. The molecule has 27 heavy (non-hydrogen) atoms. The maximum atomic E-state index is 13.1. The van der Waals surface area contributed by atoms with Gasteiger partial charge in [-0.2, -0.15) is 5.10 Å². The standard InChI is InChI=1S/C22H23N3OS/c1-15-21(16(2)25(24-15)14-17-8-4-3-5-9-17)22(26)23-19-12-13-27-20-11-7-6-10-18(19)20/h3-11,19H,12-14H2,1-2H3,(H,23,26)/t19-/m0/s1. The van der Waals surface area contributed by atoms with Crippen molar-refractivity contribution in [2.75, 3.05) is 5.75 Å². The SMILES string of the molecule is Cc1nn(Cc2ccccc2)c(C)c1C(=O)N[C@H]1CCSc2ccccc21. The van der Waals surface area contributed by atoms with Crippen molar-refractivity contribution in [1.82, 2.24) is 15.1 Å². The van der Waals surface area contributed by atoms with Crippen LogP contribution >= 0.6 is 11.8 Å². The number of amides is 1. The zero-order chi connectivity index (χ0) is 18.8. The average Bonchev–Trinajstić information content (AvgIpc) is 2.96. The molecule has 0 unspecified atom stereocenters. The maximum Gasteiger partial charge on any atom is 0.255 e. The molecule has 0 bridgehead atoms. The Hall–Kier alpha value is -2.53. The van der Waals surface area contributed by atoms with E-state index in [2.05, 4.69) is 40.7 Å². The number of carbonyl (C=O) groups excluding carboxylic acids is 1. The summed E-state index contributed by atoms with van der Waals surface area (Å²) in [5, 5.41) is 7.86. The Balaban J connectivity index is 1.56. The molecule has 0 fully saturated rings. The highest BCUT2D eigenvalue weighted by Gasteiger charge is 2.25. The minimum Gasteiger partial charge on any atom is -0.345 e. The van der Waals surface area contributed by atoms with Crippen molar-refractivity contribution in [3.63, 3.8) is 0 Å². The highest BCUT2D eigenvalue weighted by Crippen LogP contribution is 2.36. The molecule has 2 heterocycles. The van der Waals surface area contributed by atoms with Crippen LogP contribution in [0.25, 0.3) is 0 Å². The second kappa shape index (κ2) is 7.61. The monoisotopic (exact) mass is 377 g/mol. The largest absolute Gasteiger partial charge is 0.345 e. The van der Waals surface area contributed by atoms with E-state index in [0.29, 0.717) is 12.1 Å². The Morgan fingerprint density at radius 3 is 2.70 bits per heavy atom. The average molecular weight is 378 g/mol. The van der Waals surface area contributed by atoms with Crippen molar-refractivity contribution in [1.29, 1.82) is 0 Å². The second-order valence-corrected chi connectivity index (χ2v) is 8.03. The summed E-state index contributed by atoms with van der Waals surface area (Å²) in [7, 11) is 0. The lowest BCUT2D eigenvalue weighted by Gasteiger charge is -2.26. The molecule has 138 valence electrons. The minimum atomic E-state index is -0.0315. The summed E-state index contributed by atoms with van der Waals surface area (Å²) < 4.78 is 1.92. The van der Waals surface area contributed by atoms with Gasteiger partial charge < -0.3 is 5.32 Å². The third-order valence-corrected chi connectivity index (χ3v) is 6.17. The van der Waals surface area contributed by atoms with E-state index >= 15 is 0 Å². The van der Waals surface area contributed by atoms with Crippen LogP contribution in [0.5, 0.6) is 0 Å². The van der Waals surface area contributed by atoms with Gasteiger partial charge in [0, 0.05) is 16.3 Å². The van der Waals surface area contributed by atoms with Crippen molar-refractivity contribution < 1.29 is 4.79 Å². The van der Waals surface area contributed by atoms with Gasteiger partial charge in [-0.3, -0.25) is 9.48 Å². The fourth-order valence-electron chi connectivity index (χ4n) is 3.66. The molecule has 3 aromatic rings. The van der Waals surface area contributed by atoms with Gasteiger partial charge in [0.05, 0.1) is 23.8 Å². The van der Waals surface area contributed by atoms with Crippen LogP contribution in [0.4, 0.5) is 0 Å². The zero-order valence-electron chi connectivity index (χ0n) is 15.6. The van der Waals surface area contributed by atoms with E-state index in [1.165, 1.54) is 16.0 Å². The highest BCUT2D eigenvalue weighted by molar-refractivity contribution is 7.99. The van der Waals surface area contributed by atoms with E-state index < -0.39 is 0 Å². The number of benzene rings is 2. The molecule has 2 aromatic carbocycles. The second-order valence-electron chi connectivity index (χ2n) is 6.89. The first-order valence-corrected chi connectivity index (χ1v) is 10.2. The first kappa shape index (κ1) is 17.9. The quantitative estimate of drug-likeness (QED) is 0.727. The molecule has 1 amide bonds. The highest BCUT2D eigenvalue weighted by atomic mass is 32.2. The van der Waals surface area contributed by atoms with Gasteiger partial charge in [-0.15, -0.1) is 11.8 Å². The summed E-state index contributed by atoms with van der Waals surface area (Å²) in [5.74, 6) is 0.990. The van der Waals surface area contributed by atoms with Gasteiger partial charge in [0.15, 0.2) is 0 Å². The first-order chi connectivity index (χ1) is 13.1. The molecular formula is C22H23N3OS. The molecular weight excluding hydrogens is 354 g/mol. The number of aromatic nitrogens is 2. The van der Waals surface area contributed by atoms with Gasteiger partial charge >= 0.3 is 0 Å². The summed E-state index contributed by atoms with van der Waals surface area (Å²) in [6.07, 6.45) is 0.948. The molecule has 1 aromatic heterocycles. The van der Waals surface area contributed by atoms with Gasteiger partial charge in [-0.05, 0) is 37.5 Å². The Labute approximate surface area is 164 Å². The van der Waals surface area contributed by atoms with Gasteiger partial charge in [-0.25, -0.2) is 0 Å². The van der Waals surface area contributed by atoms with Crippen LogP contribution in [0.3, 0.4) is 0 Å². The first-order valence-electron chi connectivity index (χ1n) is 9.24. The molecule has 0 saturated carbocycles. The van der Waals surface area contributed by atoms with E-state index in [4.69, 9.17) is 0 Å². The molecule has 0 saturated heterocycles. The number of nitrogens with zero attached hydrogens (tertiary/aromatic N) is 2.